The van der Waals surface area contributed by atoms with Gasteiger partial charge in [-0.25, -0.2) is 4.68 Å². The number of fused-ring (bicyclic) bond motifs is 1. The lowest BCUT2D eigenvalue weighted by atomic mass is 10.1. The maximum absolute atomic E-state index is 5.11. The largest absolute Gasteiger partial charge is 0.382 e. The van der Waals surface area contributed by atoms with Crippen molar-refractivity contribution in [2.75, 3.05) is 20.3 Å². The zero-order chi connectivity index (χ0) is 9.97. The molecular weight excluding hydrogens is 180 g/mol. The lowest BCUT2D eigenvalue weighted by molar-refractivity contribution is 0.154. The summed E-state index contributed by atoms with van der Waals surface area (Å²) in [5.74, 6) is 0. The van der Waals surface area contributed by atoms with Gasteiger partial charge in [-0.3, -0.25) is 0 Å². The normalized spacial score (nSPS) is 17.9. The summed E-state index contributed by atoms with van der Waals surface area (Å²) in [7, 11) is 1.71. The molecule has 14 heavy (non-hydrogen) atoms. The highest BCUT2D eigenvalue weighted by atomic mass is 16.5. The molecule has 2 rings (SSSR count). The lowest BCUT2D eigenvalue weighted by Gasteiger charge is -2.17. The number of hydrogen-bond acceptors (Lipinski definition) is 4. The van der Waals surface area contributed by atoms with E-state index in [-0.39, 0.29) is 6.04 Å². The van der Waals surface area contributed by atoms with E-state index in [4.69, 9.17) is 4.74 Å². The summed E-state index contributed by atoms with van der Waals surface area (Å²) in [5.41, 5.74) is 2.34. The number of nitrogens with zero attached hydrogens (tertiary/aromatic N) is 3. The Bertz CT molecular complexity index is 310. The summed E-state index contributed by atoms with van der Waals surface area (Å²) in [4.78, 5) is 0. The summed E-state index contributed by atoms with van der Waals surface area (Å²) in [6.07, 6.45) is 1.01. The van der Waals surface area contributed by atoms with E-state index in [0.29, 0.717) is 6.61 Å². The summed E-state index contributed by atoms with van der Waals surface area (Å²) >= 11 is 0. The van der Waals surface area contributed by atoms with Crippen LogP contribution >= 0.6 is 0 Å². The summed E-state index contributed by atoms with van der Waals surface area (Å²) in [5, 5.41) is 11.6. The number of hydrogen-bond donors (Lipinski definition) is 1. The predicted octanol–water partition coefficient (Wildman–Crippen LogP) is 0.131. The summed E-state index contributed by atoms with van der Waals surface area (Å²) < 4.78 is 7.10. The molecule has 1 unspecified atom stereocenters. The van der Waals surface area contributed by atoms with Gasteiger partial charge < -0.3 is 10.1 Å². The van der Waals surface area contributed by atoms with E-state index in [9.17, 15) is 0 Å². The van der Waals surface area contributed by atoms with Crippen LogP contribution in [0.4, 0.5) is 0 Å². The van der Waals surface area contributed by atoms with Crippen molar-refractivity contribution in [1.82, 2.24) is 20.3 Å². The number of methoxy groups -OCH3 is 1. The van der Waals surface area contributed by atoms with Gasteiger partial charge >= 0.3 is 0 Å². The van der Waals surface area contributed by atoms with Crippen LogP contribution in [0.5, 0.6) is 0 Å². The third kappa shape index (κ3) is 1.65. The molecule has 0 amide bonds. The Balaban J connectivity index is 2.21. The molecule has 0 saturated carbocycles. The number of nitrogens with one attached hydrogen (secondary N) is 1. The first kappa shape index (κ1) is 9.61. The Morgan fingerprint density at radius 3 is 3.29 bits per heavy atom. The average Bonchev–Trinajstić information content (AvgIpc) is 2.61. The number of rotatable bonds is 3. The van der Waals surface area contributed by atoms with Gasteiger partial charge in [-0.1, -0.05) is 5.21 Å². The summed E-state index contributed by atoms with van der Waals surface area (Å²) in [6.45, 7) is 4.64. The third-order valence-electron chi connectivity index (χ3n) is 2.53. The molecule has 0 fully saturated rings. The minimum atomic E-state index is 0.273. The molecule has 0 saturated heterocycles. The average molecular weight is 196 g/mol. The van der Waals surface area contributed by atoms with Crippen LogP contribution in [0.1, 0.15) is 24.4 Å². The molecule has 1 N–H and O–H groups in total. The molecule has 1 aliphatic heterocycles. The SMILES string of the molecule is COCC(C)n1nnc2c1CCNC2. The van der Waals surface area contributed by atoms with Gasteiger partial charge in [-0.15, -0.1) is 5.10 Å². The molecule has 5 nitrogen and oxygen atoms in total. The summed E-state index contributed by atoms with van der Waals surface area (Å²) in [6, 6.07) is 0.273. The van der Waals surface area contributed by atoms with E-state index in [2.05, 4.69) is 22.6 Å². The van der Waals surface area contributed by atoms with E-state index < -0.39 is 0 Å². The molecule has 0 aromatic carbocycles. The van der Waals surface area contributed by atoms with Gasteiger partial charge in [-0.05, 0) is 6.92 Å². The van der Waals surface area contributed by atoms with Gasteiger partial charge in [0.2, 0.25) is 0 Å². The van der Waals surface area contributed by atoms with Gasteiger partial charge in [0.1, 0.15) is 0 Å². The molecule has 1 atom stereocenters. The molecule has 1 aromatic heterocycles. The van der Waals surface area contributed by atoms with Gasteiger partial charge in [0, 0.05) is 26.6 Å². The van der Waals surface area contributed by atoms with Crippen LogP contribution in [-0.2, 0) is 17.7 Å². The van der Waals surface area contributed by atoms with Crippen LogP contribution in [0, 0.1) is 0 Å². The Morgan fingerprint density at radius 2 is 2.50 bits per heavy atom. The smallest absolute Gasteiger partial charge is 0.0997 e. The van der Waals surface area contributed by atoms with Crippen molar-refractivity contribution >= 4 is 0 Å². The topological polar surface area (TPSA) is 52.0 Å². The van der Waals surface area contributed by atoms with Gasteiger partial charge in [0.15, 0.2) is 0 Å². The molecule has 0 spiro atoms. The van der Waals surface area contributed by atoms with Crippen molar-refractivity contribution in [2.24, 2.45) is 0 Å². The highest BCUT2D eigenvalue weighted by Crippen LogP contribution is 2.15. The van der Waals surface area contributed by atoms with Crippen molar-refractivity contribution < 1.29 is 4.74 Å². The van der Waals surface area contributed by atoms with E-state index >= 15 is 0 Å². The number of ether oxygens (including phenoxy) is 1. The van der Waals surface area contributed by atoms with Crippen LogP contribution in [0.2, 0.25) is 0 Å². The van der Waals surface area contributed by atoms with Crippen LogP contribution in [0.3, 0.4) is 0 Å². The molecule has 2 heterocycles. The molecule has 0 radical (unpaired) electrons. The highest BCUT2D eigenvalue weighted by molar-refractivity contribution is 5.13. The van der Waals surface area contributed by atoms with Gasteiger partial charge in [0.05, 0.1) is 24.0 Å². The van der Waals surface area contributed by atoms with Crippen molar-refractivity contribution in [1.29, 1.82) is 0 Å². The first-order valence-corrected chi connectivity index (χ1v) is 4.95. The van der Waals surface area contributed by atoms with Gasteiger partial charge in [-0.2, -0.15) is 0 Å². The first-order chi connectivity index (χ1) is 6.83. The molecule has 0 aliphatic carbocycles. The van der Waals surface area contributed by atoms with Crippen LogP contribution in [-0.4, -0.2) is 35.3 Å². The van der Waals surface area contributed by atoms with Crippen LogP contribution < -0.4 is 5.32 Å². The Kier molecular flexibility index (Phi) is 2.79. The van der Waals surface area contributed by atoms with Crippen molar-refractivity contribution in [2.45, 2.75) is 25.9 Å². The monoisotopic (exact) mass is 196 g/mol. The predicted molar refractivity (Wildman–Crippen MR) is 52.0 cm³/mol. The van der Waals surface area contributed by atoms with Crippen LogP contribution in [0.25, 0.3) is 0 Å². The fourth-order valence-electron chi connectivity index (χ4n) is 1.82. The van der Waals surface area contributed by atoms with Crippen molar-refractivity contribution in [3.63, 3.8) is 0 Å². The molecular formula is C9H16N4O. The molecule has 5 heteroatoms. The van der Waals surface area contributed by atoms with E-state index in [0.717, 1.165) is 25.2 Å². The second-order valence-corrected chi connectivity index (χ2v) is 3.66. The Hall–Kier alpha value is -0.940. The zero-order valence-electron chi connectivity index (χ0n) is 8.66. The van der Waals surface area contributed by atoms with Gasteiger partial charge in [0.25, 0.3) is 0 Å². The maximum atomic E-state index is 5.11. The zero-order valence-corrected chi connectivity index (χ0v) is 8.66. The fourth-order valence-corrected chi connectivity index (χ4v) is 1.82. The molecule has 1 aliphatic rings. The second kappa shape index (κ2) is 4.06. The number of aromatic nitrogens is 3. The quantitative estimate of drug-likeness (QED) is 0.746. The van der Waals surface area contributed by atoms with Crippen molar-refractivity contribution in [3.8, 4) is 0 Å². The minimum Gasteiger partial charge on any atom is -0.382 e. The van der Waals surface area contributed by atoms with Crippen molar-refractivity contribution in [3.05, 3.63) is 11.4 Å². The third-order valence-corrected chi connectivity index (χ3v) is 2.53. The van der Waals surface area contributed by atoms with E-state index in [1.54, 1.807) is 7.11 Å². The first-order valence-electron chi connectivity index (χ1n) is 4.95. The minimum absolute atomic E-state index is 0.273. The highest BCUT2D eigenvalue weighted by Gasteiger charge is 2.19. The van der Waals surface area contributed by atoms with Crippen LogP contribution in [0.15, 0.2) is 0 Å². The Morgan fingerprint density at radius 1 is 1.64 bits per heavy atom. The lowest BCUT2D eigenvalue weighted by Crippen LogP contribution is -2.26. The van der Waals surface area contributed by atoms with E-state index in [1.807, 2.05) is 4.68 Å². The second-order valence-electron chi connectivity index (χ2n) is 3.66. The molecule has 1 aromatic rings. The maximum Gasteiger partial charge on any atom is 0.0997 e. The molecule has 0 bridgehead atoms. The Labute approximate surface area is 83.4 Å². The van der Waals surface area contributed by atoms with E-state index in [1.165, 1.54) is 5.69 Å². The standard InChI is InChI=1S/C9H16N4O/c1-7(6-14-2)13-9-3-4-10-5-8(9)11-12-13/h7,10H,3-6H2,1-2H3. The fraction of sp³-hybridized carbons (Fsp3) is 0.778. The molecule has 78 valence electrons.